The first kappa shape index (κ1) is 56.5. The van der Waals surface area contributed by atoms with Gasteiger partial charge < -0.3 is 24.7 Å². The van der Waals surface area contributed by atoms with Gasteiger partial charge >= 0.3 is 11.9 Å². The highest BCUT2D eigenvalue weighted by Gasteiger charge is 2.15. The van der Waals surface area contributed by atoms with Gasteiger partial charge in [0, 0.05) is 31.9 Å². The average Bonchev–Trinajstić information content (AvgIpc) is 3.22. The zero-order valence-electron chi connectivity index (χ0n) is 39.0. The third-order valence-electron chi connectivity index (χ3n) is 12.2. The lowest BCUT2D eigenvalue weighted by molar-refractivity contribution is -0.146. The molecule has 7 heteroatoms. The van der Waals surface area contributed by atoms with E-state index in [1.54, 1.807) is 0 Å². The molecule has 0 aromatic heterocycles. The molecule has 2 N–H and O–H groups in total. The summed E-state index contributed by atoms with van der Waals surface area (Å²) >= 11 is 0. The van der Waals surface area contributed by atoms with Crippen molar-refractivity contribution in [3.8, 4) is 0 Å². The van der Waals surface area contributed by atoms with Crippen LogP contribution >= 0.6 is 0 Å². The van der Waals surface area contributed by atoms with E-state index in [0.29, 0.717) is 50.4 Å². The average molecular weight is 822 g/mol. The van der Waals surface area contributed by atoms with Crippen LogP contribution in [0.5, 0.6) is 0 Å². The number of aliphatic hydroxyl groups excluding tert-OH is 1. The van der Waals surface area contributed by atoms with E-state index in [2.05, 4.69) is 26.1 Å². The number of unbranched alkanes of at least 4 members (excludes halogenated alkanes) is 23. The van der Waals surface area contributed by atoms with Gasteiger partial charge in [-0.1, -0.05) is 175 Å². The molecule has 0 aliphatic carbocycles. The second-order valence-corrected chi connectivity index (χ2v) is 17.9. The number of esters is 2. The van der Waals surface area contributed by atoms with Gasteiger partial charge in [0.15, 0.2) is 0 Å². The minimum atomic E-state index is -0.0358. The molecule has 0 fully saturated rings. The van der Waals surface area contributed by atoms with E-state index in [-0.39, 0.29) is 18.5 Å². The van der Waals surface area contributed by atoms with Crippen LogP contribution in [-0.4, -0.2) is 55.7 Å². The largest absolute Gasteiger partial charge is 0.465 e. The van der Waals surface area contributed by atoms with Crippen LogP contribution in [0.2, 0.25) is 0 Å². The predicted molar refractivity (Wildman–Crippen MR) is 246 cm³/mol. The van der Waals surface area contributed by atoms with E-state index < -0.39 is 0 Å². The van der Waals surface area contributed by atoms with Crippen molar-refractivity contribution >= 4 is 18.2 Å². The Morgan fingerprint density at radius 2 is 0.828 bits per heavy atom. The lowest BCUT2D eigenvalue weighted by atomic mass is 9.95. The molecule has 344 valence electrons. The predicted octanol–water partition coefficient (Wildman–Crippen LogP) is 14.3. The summed E-state index contributed by atoms with van der Waals surface area (Å²) in [5.41, 5.74) is 0. The zero-order valence-corrected chi connectivity index (χ0v) is 39.0. The number of carbonyl (C=O) groups is 3. The zero-order chi connectivity index (χ0) is 42.4. The fourth-order valence-corrected chi connectivity index (χ4v) is 8.23. The summed E-state index contributed by atoms with van der Waals surface area (Å²) in [4.78, 5) is 35.9. The van der Waals surface area contributed by atoms with Crippen LogP contribution in [0.15, 0.2) is 0 Å². The molecule has 0 amide bonds. The number of nitrogens with one attached hydrogen (secondary N) is 1. The van der Waals surface area contributed by atoms with Gasteiger partial charge in [-0.25, -0.2) is 0 Å². The number of ether oxygens (including phenoxy) is 2. The molecule has 3 atom stereocenters. The highest BCUT2D eigenvalue weighted by atomic mass is 16.5. The Balaban J connectivity index is 4.46. The van der Waals surface area contributed by atoms with Crippen molar-refractivity contribution in [1.82, 2.24) is 5.32 Å². The number of carbonyl (C=O) groups excluding carboxylic acids is 3. The van der Waals surface area contributed by atoms with Gasteiger partial charge in [0.2, 0.25) is 0 Å². The van der Waals surface area contributed by atoms with E-state index in [9.17, 15) is 19.5 Å². The van der Waals surface area contributed by atoms with E-state index in [0.717, 1.165) is 103 Å². The SMILES string of the molecule is CCCCCCCCC(CCCCCC)COC(=O)CCCCCC(CCCCCC(=O)OCC(CCCCCC)CCCCCCCCCC=O)NCCCCO. The molecular formula is C51H99NO6. The molecule has 58 heavy (non-hydrogen) atoms. The van der Waals surface area contributed by atoms with Crippen molar-refractivity contribution in [2.45, 2.75) is 271 Å². The van der Waals surface area contributed by atoms with Gasteiger partial charge in [-0.15, -0.1) is 0 Å². The molecule has 0 aliphatic heterocycles. The van der Waals surface area contributed by atoms with Crippen molar-refractivity contribution < 1.29 is 29.0 Å². The molecule has 0 heterocycles. The molecule has 7 nitrogen and oxygen atoms in total. The molecule has 0 saturated heterocycles. The monoisotopic (exact) mass is 822 g/mol. The molecule has 0 saturated carbocycles. The quantitative estimate of drug-likeness (QED) is 0.0358. The van der Waals surface area contributed by atoms with Gasteiger partial charge in [-0.05, 0) is 89.0 Å². The van der Waals surface area contributed by atoms with Crippen LogP contribution in [-0.2, 0) is 23.9 Å². The van der Waals surface area contributed by atoms with Gasteiger partial charge in [-0.3, -0.25) is 9.59 Å². The lowest BCUT2D eigenvalue weighted by Gasteiger charge is -2.19. The topological polar surface area (TPSA) is 102 Å². The Kier molecular flexibility index (Phi) is 45.4. The van der Waals surface area contributed by atoms with Crippen LogP contribution in [0.1, 0.15) is 265 Å². The minimum Gasteiger partial charge on any atom is -0.465 e. The van der Waals surface area contributed by atoms with Crippen LogP contribution in [0.4, 0.5) is 0 Å². The van der Waals surface area contributed by atoms with Crippen LogP contribution in [0, 0.1) is 11.8 Å². The number of aliphatic hydroxyl groups is 1. The number of aldehydes is 1. The maximum absolute atomic E-state index is 12.7. The van der Waals surface area contributed by atoms with E-state index in [4.69, 9.17) is 9.47 Å². The molecule has 0 aromatic carbocycles. The second-order valence-electron chi connectivity index (χ2n) is 17.9. The molecule has 0 spiro atoms. The maximum Gasteiger partial charge on any atom is 0.305 e. The summed E-state index contributed by atoms with van der Waals surface area (Å²) in [6, 6.07) is 0.434. The molecule has 0 bridgehead atoms. The first-order valence-electron chi connectivity index (χ1n) is 25.6. The Morgan fingerprint density at radius 1 is 0.466 bits per heavy atom. The van der Waals surface area contributed by atoms with Gasteiger partial charge in [0.1, 0.15) is 6.29 Å². The van der Waals surface area contributed by atoms with Gasteiger partial charge in [-0.2, -0.15) is 0 Å². The first-order chi connectivity index (χ1) is 28.5. The molecule has 0 rings (SSSR count). The van der Waals surface area contributed by atoms with Gasteiger partial charge in [0.25, 0.3) is 0 Å². The molecular weight excluding hydrogens is 723 g/mol. The standard InChI is InChI=1S/C51H99NO6/c1-4-7-10-13-18-25-36-47(34-23-11-8-5-2)45-57-50(55)40-29-21-27-38-49(52-42-31-33-44-54)39-28-22-30-41-51(56)58-46-48(35-24-12-9-6-3)37-26-19-16-14-15-17-20-32-43-53/h43,47-49,52,54H,4-42,44-46H2,1-3H3. The summed E-state index contributed by atoms with van der Waals surface area (Å²) in [5.74, 6) is 0.937. The van der Waals surface area contributed by atoms with Gasteiger partial charge in [0.05, 0.1) is 13.2 Å². The smallest absolute Gasteiger partial charge is 0.305 e. The summed E-state index contributed by atoms with van der Waals surface area (Å²) in [6.45, 7) is 9.11. The highest BCUT2D eigenvalue weighted by molar-refractivity contribution is 5.69. The Labute approximate surface area is 360 Å². The van der Waals surface area contributed by atoms with Crippen molar-refractivity contribution in [2.75, 3.05) is 26.4 Å². The minimum absolute atomic E-state index is 0.0215. The summed E-state index contributed by atoms with van der Waals surface area (Å²) in [6.07, 6.45) is 43.9. The number of hydrogen-bond donors (Lipinski definition) is 2. The summed E-state index contributed by atoms with van der Waals surface area (Å²) in [5, 5.41) is 13.0. The normalized spacial score (nSPS) is 13.0. The third-order valence-corrected chi connectivity index (χ3v) is 12.2. The van der Waals surface area contributed by atoms with Crippen molar-refractivity contribution in [1.29, 1.82) is 0 Å². The number of rotatable bonds is 48. The lowest BCUT2D eigenvalue weighted by Crippen LogP contribution is -2.30. The maximum atomic E-state index is 12.7. The fraction of sp³-hybridized carbons (Fsp3) is 0.941. The molecule has 3 unspecified atom stereocenters. The van der Waals surface area contributed by atoms with Crippen LogP contribution < -0.4 is 5.32 Å². The Hall–Kier alpha value is -1.47. The summed E-state index contributed by atoms with van der Waals surface area (Å²) in [7, 11) is 0. The second kappa shape index (κ2) is 46.6. The van der Waals surface area contributed by atoms with Crippen LogP contribution in [0.25, 0.3) is 0 Å². The Morgan fingerprint density at radius 3 is 1.24 bits per heavy atom. The van der Waals surface area contributed by atoms with Crippen molar-refractivity contribution in [3.63, 3.8) is 0 Å². The van der Waals surface area contributed by atoms with Crippen LogP contribution in [0.3, 0.4) is 0 Å². The Bertz CT molecular complexity index is 868. The first-order valence-corrected chi connectivity index (χ1v) is 25.6. The van der Waals surface area contributed by atoms with Crippen molar-refractivity contribution in [3.05, 3.63) is 0 Å². The third kappa shape index (κ3) is 41.3. The van der Waals surface area contributed by atoms with Crippen molar-refractivity contribution in [2.24, 2.45) is 11.8 Å². The summed E-state index contributed by atoms with van der Waals surface area (Å²) < 4.78 is 11.7. The highest BCUT2D eigenvalue weighted by Crippen LogP contribution is 2.22. The molecule has 0 radical (unpaired) electrons. The van der Waals surface area contributed by atoms with E-state index in [1.807, 2.05) is 0 Å². The molecule has 0 aromatic rings. The van der Waals surface area contributed by atoms with E-state index >= 15 is 0 Å². The fourth-order valence-electron chi connectivity index (χ4n) is 8.23. The van der Waals surface area contributed by atoms with E-state index in [1.165, 1.54) is 135 Å². The number of hydrogen-bond acceptors (Lipinski definition) is 7. The molecule has 0 aliphatic rings.